The van der Waals surface area contributed by atoms with E-state index in [0.29, 0.717) is 5.92 Å². The third kappa shape index (κ3) is 3.43. The topological polar surface area (TPSA) is 42.4 Å². The van der Waals surface area contributed by atoms with Gasteiger partial charge in [-0.3, -0.25) is 4.98 Å². The SMILES string of the molecule is Cc1cc(C(O)C2CCOC3(CCSCC3)C2)cc(C)n1. The largest absolute Gasteiger partial charge is 0.388 e. The van der Waals surface area contributed by atoms with Crippen molar-refractivity contribution in [1.29, 1.82) is 0 Å². The molecule has 3 heterocycles. The molecule has 3 nitrogen and oxygen atoms in total. The molecule has 4 heteroatoms. The number of hydrogen-bond acceptors (Lipinski definition) is 4. The quantitative estimate of drug-likeness (QED) is 0.909. The summed E-state index contributed by atoms with van der Waals surface area (Å²) in [4.78, 5) is 4.41. The lowest BCUT2D eigenvalue weighted by atomic mass is 9.78. The van der Waals surface area contributed by atoms with Gasteiger partial charge in [0.15, 0.2) is 0 Å². The molecule has 2 saturated heterocycles. The number of aliphatic hydroxyl groups is 1. The second-order valence-corrected chi connectivity index (χ2v) is 7.75. The first-order chi connectivity index (χ1) is 10.1. The fourth-order valence-corrected chi connectivity index (χ4v) is 4.97. The molecular formula is C17H25NO2S. The van der Waals surface area contributed by atoms with Gasteiger partial charge in [0.05, 0.1) is 11.7 Å². The molecule has 1 N–H and O–H groups in total. The first-order valence-corrected chi connectivity index (χ1v) is 9.08. The standard InChI is InChI=1S/C17H25NO2S/c1-12-9-15(10-13(2)18-12)16(19)14-3-6-20-17(11-14)4-7-21-8-5-17/h9-10,14,16,19H,3-8,11H2,1-2H3. The normalized spacial score (nSPS) is 26.7. The molecule has 21 heavy (non-hydrogen) atoms. The van der Waals surface area contributed by atoms with Gasteiger partial charge in [0.2, 0.25) is 0 Å². The molecular weight excluding hydrogens is 282 g/mol. The Morgan fingerprint density at radius 2 is 1.95 bits per heavy atom. The van der Waals surface area contributed by atoms with Crippen molar-refractivity contribution in [1.82, 2.24) is 4.98 Å². The number of nitrogens with zero attached hydrogens (tertiary/aromatic N) is 1. The predicted molar refractivity (Wildman–Crippen MR) is 86.6 cm³/mol. The van der Waals surface area contributed by atoms with Gasteiger partial charge in [-0.2, -0.15) is 11.8 Å². The van der Waals surface area contributed by atoms with E-state index in [2.05, 4.69) is 4.98 Å². The van der Waals surface area contributed by atoms with E-state index in [1.54, 1.807) is 0 Å². The predicted octanol–water partition coefficient (Wildman–Crippen LogP) is 3.42. The molecule has 1 aromatic rings. The highest BCUT2D eigenvalue weighted by Crippen LogP contribution is 2.43. The number of hydrogen-bond donors (Lipinski definition) is 1. The van der Waals surface area contributed by atoms with Crippen molar-refractivity contribution in [3.63, 3.8) is 0 Å². The molecule has 0 aliphatic carbocycles. The van der Waals surface area contributed by atoms with Crippen LogP contribution >= 0.6 is 11.8 Å². The maximum Gasteiger partial charge on any atom is 0.0821 e. The van der Waals surface area contributed by atoms with E-state index in [1.165, 1.54) is 11.5 Å². The summed E-state index contributed by atoms with van der Waals surface area (Å²) in [5, 5.41) is 10.8. The molecule has 2 aliphatic rings. The Balaban J connectivity index is 1.76. The monoisotopic (exact) mass is 307 g/mol. The fourth-order valence-electron chi connectivity index (χ4n) is 3.74. The summed E-state index contributed by atoms with van der Waals surface area (Å²) in [7, 11) is 0. The summed E-state index contributed by atoms with van der Waals surface area (Å²) in [6, 6.07) is 4.05. The van der Waals surface area contributed by atoms with Crippen LogP contribution in [-0.2, 0) is 4.74 Å². The number of aromatic nitrogens is 1. The maximum atomic E-state index is 10.8. The summed E-state index contributed by atoms with van der Waals surface area (Å²) in [6.07, 6.45) is 3.83. The zero-order valence-corrected chi connectivity index (χ0v) is 13.8. The van der Waals surface area contributed by atoms with E-state index in [1.807, 2.05) is 37.7 Å². The van der Waals surface area contributed by atoms with Gasteiger partial charge in [-0.15, -0.1) is 0 Å². The third-order valence-corrected chi connectivity index (χ3v) is 5.81. The van der Waals surface area contributed by atoms with Crippen molar-refractivity contribution in [2.45, 2.75) is 51.2 Å². The summed E-state index contributed by atoms with van der Waals surface area (Å²) in [5.41, 5.74) is 3.03. The Labute approximate surface area is 131 Å². The second-order valence-electron chi connectivity index (χ2n) is 6.52. The van der Waals surface area contributed by atoms with E-state index in [4.69, 9.17) is 4.74 Å². The lowest BCUT2D eigenvalue weighted by Crippen LogP contribution is -2.44. The lowest BCUT2D eigenvalue weighted by Gasteiger charge is -2.44. The molecule has 0 amide bonds. The Morgan fingerprint density at radius 3 is 2.62 bits per heavy atom. The van der Waals surface area contributed by atoms with Crippen LogP contribution in [0.2, 0.25) is 0 Å². The van der Waals surface area contributed by atoms with Crippen LogP contribution in [0.15, 0.2) is 12.1 Å². The first-order valence-electron chi connectivity index (χ1n) is 7.93. The van der Waals surface area contributed by atoms with Crippen molar-refractivity contribution in [2.24, 2.45) is 5.92 Å². The van der Waals surface area contributed by atoms with Crippen molar-refractivity contribution in [3.05, 3.63) is 29.1 Å². The molecule has 116 valence electrons. The minimum atomic E-state index is -0.388. The van der Waals surface area contributed by atoms with Crippen LogP contribution < -0.4 is 0 Å². The molecule has 1 aromatic heterocycles. The average molecular weight is 307 g/mol. The van der Waals surface area contributed by atoms with E-state index in [-0.39, 0.29) is 11.7 Å². The van der Waals surface area contributed by atoms with Gasteiger partial charge in [0.25, 0.3) is 0 Å². The summed E-state index contributed by atoms with van der Waals surface area (Å²) in [6.45, 7) is 4.77. The van der Waals surface area contributed by atoms with Crippen LogP contribution in [0, 0.1) is 19.8 Å². The van der Waals surface area contributed by atoms with Crippen LogP contribution in [0.3, 0.4) is 0 Å². The van der Waals surface area contributed by atoms with Gasteiger partial charge in [0, 0.05) is 18.0 Å². The van der Waals surface area contributed by atoms with E-state index < -0.39 is 0 Å². The highest BCUT2D eigenvalue weighted by molar-refractivity contribution is 7.99. The highest BCUT2D eigenvalue weighted by Gasteiger charge is 2.41. The smallest absolute Gasteiger partial charge is 0.0821 e. The molecule has 1 spiro atoms. The fraction of sp³-hybridized carbons (Fsp3) is 0.706. The van der Waals surface area contributed by atoms with Crippen LogP contribution in [0.1, 0.15) is 48.7 Å². The van der Waals surface area contributed by atoms with Gasteiger partial charge in [-0.05, 0) is 74.7 Å². The molecule has 0 bridgehead atoms. The van der Waals surface area contributed by atoms with E-state index in [0.717, 1.165) is 49.2 Å². The number of pyridine rings is 1. The zero-order valence-electron chi connectivity index (χ0n) is 13.0. The number of rotatable bonds is 2. The third-order valence-electron chi connectivity index (χ3n) is 4.83. The number of ether oxygens (including phenoxy) is 1. The van der Waals surface area contributed by atoms with Crippen LogP contribution in [-0.4, -0.2) is 33.8 Å². The van der Waals surface area contributed by atoms with E-state index >= 15 is 0 Å². The second kappa shape index (κ2) is 6.27. The molecule has 0 saturated carbocycles. The average Bonchev–Trinajstić information content (AvgIpc) is 2.46. The van der Waals surface area contributed by atoms with Crippen LogP contribution in [0.25, 0.3) is 0 Å². The Bertz CT molecular complexity index is 474. The van der Waals surface area contributed by atoms with Crippen molar-refractivity contribution >= 4 is 11.8 Å². The molecule has 0 radical (unpaired) electrons. The first kappa shape index (κ1) is 15.3. The Kier molecular flexibility index (Phi) is 4.57. The van der Waals surface area contributed by atoms with Crippen molar-refractivity contribution < 1.29 is 9.84 Å². The Morgan fingerprint density at radius 1 is 1.29 bits per heavy atom. The van der Waals surface area contributed by atoms with Crippen molar-refractivity contribution in [2.75, 3.05) is 18.1 Å². The highest BCUT2D eigenvalue weighted by atomic mass is 32.2. The summed E-state index contributed by atoms with van der Waals surface area (Å²) >= 11 is 2.02. The van der Waals surface area contributed by atoms with Crippen LogP contribution in [0.5, 0.6) is 0 Å². The lowest BCUT2D eigenvalue weighted by molar-refractivity contribution is -0.121. The molecule has 2 fully saturated rings. The van der Waals surface area contributed by atoms with Gasteiger partial charge >= 0.3 is 0 Å². The van der Waals surface area contributed by atoms with E-state index in [9.17, 15) is 5.11 Å². The maximum absolute atomic E-state index is 10.8. The van der Waals surface area contributed by atoms with Gasteiger partial charge in [-0.1, -0.05) is 0 Å². The molecule has 3 rings (SSSR count). The Hall–Kier alpha value is -0.580. The number of thioether (sulfide) groups is 1. The minimum Gasteiger partial charge on any atom is -0.388 e. The molecule has 0 aromatic carbocycles. The van der Waals surface area contributed by atoms with Crippen molar-refractivity contribution in [3.8, 4) is 0 Å². The number of aryl methyl sites for hydroxylation is 2. The van der Waals surface area contributed by atoms with Gasteiger partial charge < -0.3 is 9.84 Å². The summed E-state index contributed by atoms with van der Waals surface area (Å²) in [5.74, 6) is 2.69. The minimum absolute atomic E-state index is 0.0340. The molecule has 2 unspecified atom stereocenters. The molecule has 2 aliphatic heterocycles. The zero-order chi connectivity index (χ0) is 14.9. The summed E-state index contributed by atoms with van der Waals surface area (Å²) < 4.78 is 6.13. The van der Waals surface area contributed by atoms with Gasteiger partial charge in [0.1, 0.15) is 0 Å². The van der Waals surface area contributed by atoms with Gasteiger partial charge in [-0.25, -0.2) is 0 Å². The molecule has 2 atom stereocenters. The number of aliphatic hydroxyl groups excluding tert-OH is 1. The van der Waals surface area contributed by atoms with Crippen LogP contribution in [0.4, 0.5) is 0 Å².